The Morgan fingerprint density at radius 3 is 2.54 bits per heavy atom. The summed E-state index contributed by atoms with van der Waals surface area (Å²) in [6.45, 7) is 0. The molecule has 26 heavy (non-hydrogen) atoms. The second-order valence-corrected chi connectivity index (χ2v) is 6.59. The zero-order valence-corrected chi connectivity index (χ0v) is 15.3. The average Bonchev–Trinajstić information content (AvgIpc) is 2.62. The van der Waals surface area contributed by atoms with Crippen molar-refractivity contribution in [2.24, 2.45) is 5.73 Å². The van der Waals surface area contributed by atoms with Gasteiger partial charge in [0.05, 0.1) is 27.7 Å². The van der Waals surface area contributed by atoms with Gasteiger partial charge in [0, 0.05) is 20.5 Å². The van der Waals surface area contributed by atoms with Crippen LogP contribution >= 0.6 is 11.6 Å². The third-order valence-corrected chi connectivity index (χ3v) is 4.43. The summed E-state index contributed by atoms with van der Waals surface area (Å²) in [5.74, 6) is 0.184. The minimum Gasteiger partial charge on any atom is -0.349 e. The van der Waals surface area contributed by atoms with E-state index in [0.717, 1.165) is 0 Å². The number of amides is 1. The number of carbonyl (C=O) groups is 1. The number of rotatable bonds is 4. The standard InChI is InChI=1S/C19H19ClN4O2/c1-23(2)16(25)11-14(21)18-22-15-10-6-9-13(20)17(15)19(26)24(18)12-7-4-3-5-8-12/h3-10,14H,11,21H2,1-2H3. The van der Waals surface area contributed by atoms with Gasteiger partial charge in [-0.05, 0) is 24.3 Å². The van der Waals surface area contributed by atoms with Crippen LogP contribution in [0.3, 0.4) is 0 Å². The van der Waals surface area contributed by atoms with Gasteiger partial charge in [-0.2, -0.15) is 0 Å². The van der Waals surface area contributed by atoms with Gasteiger partial charge in [-0.1, -0.05) is 35.9 Å². The highest BCUT2D eigenvalue weighted by molar-refractivity contribution is 6.35. The van der Waals surface area contributed by atoms with Gasteiger partial charge in [0.1, 0.15) is 5.82 Å². The van der Waals surface area contributed by atoms with Gasteiger partial charge in [-0.15, -0.1) is 0 Å². The molecule has 0 saturated carbocycles. The quantitative estimate of drug-likeness (QED) is 0.765. The molecule has 0 bridgehead atoms. The molecule has 134 valence electrons. The van der Waals surface area contributed by atoms with Gasteiger partial charge in [-0.25, -0.2) is 4.98 Å². The van der Waals surface area contributed by atoms with Crippen LogP contribution in [0, 0.1) is 0 Å². The fourth-order valence-electron chi connectivity index (χ4n) is 2.74. The maximum Gasteiger partial charge on any atom is 0.267 e. The number of hydrogen-bond donors (Lipinski definition) is 1. The lowest BCUT2D eigenvalue weighted by molar-refractivity contribution is -0.129. The highest BCUT2D eigenvalue weighted by Gasteiger charge is 2.22. The molecular formula is C19H19ClN4O2. The molecule has 6 nitrogen and oxygen atoms in total. The Kier molecular flexibility index (Phi) is 5.06. The molecule has 3 aromatic rings. The number of nitrogens with zero attached hydrogens (tertiary/aromatic N) is 3. The molecule has 0 aliphatic carbocycles. The van der Waals surface area contributed by atoms with E-state index in [0.29, 0.717) is 27.4 Å². The second kappa shape index (κ2) is 7.27. The maximum absolute atomic E-state index is 13.2. The molecule has 2 aromatic carbocycles. The van der Waals surface area contributed by atoms with Crippen LogP contribution < -0.4 is 11.3 Å². The van der Waals surface area contributed by atoms with E-state index in [1.54, 1.807) is 44.4 Å². The predicted octanol–water partition coefficient (Wildman–Crippen LogP) is 2.52. The molecule has 0 spiro atoms. The summed E-state index contributed by atoms with van der Waals surface area (Å²) in [6.07, 6.45) is 0.0400. The number of aromatic nitrogens is 2. The Bertz CT molecular complexity index is 1020. The van der Waals surface area contributed by atoms with Crippen molar-refractivity contribution in [1.82, 2.24) is 14.5 Å². The number of para-hydroxylation sites is 1. The van der Waals surface area contributed by atoms with Crippen LogP contribution in [-0.4, -0.2) is 34.5 Å². The van der Waals surface area contributed by atoms with E-state index >= 15 is 0 Å². The Morgan fingerprint density at radius 2 is 1.88 bits per heavy atom. The van der Waals surface area contributed by atoms with E-state index in [1.165, 1.54) is 9.47 Å². The number of hydrogen-bond acceptors (Lipinski definition) is 4. The molecule has 0 aliphatic rings. The monoisotopic (exact) mass is 370 g/mol. The number of benzene rings is 2. The first kappa shape index (κ1) is 18.1. The van der Waals surface area contributed by atoms with E-state index in [2.05, 4.69) is 4.98 Å². The van der Waals surface area contributed by atoms with Crippen LogP contribution in [-0.2, 0) is 4.79 Å². The van der Waals surface area contributed by atoms with Crippen LogP contribution in [0.15, 0.2) is 53.3 Å². The lowest BCUT2D eigenvalue weighted by Crippen LogP contribution is -2.32. The van der Waals surface area contributed by atoms with Crippen LogP contribution in [0.2, 0.25) is 5.02 Å². The van der Waals surface area contributed by atoms with Crippen molar-refractivity contribution in [3.8, 4) is 5.69 Å². The maximum atomic E-state index is 13.2. The topological polar surface area (TPSA) is 81.2 Å². The number of carbonyl (C=O) groups excluding carboxylic acids is 1. The van der Waals surface area contributed by atoms with Crippen LogP contribution in [0.25, 0.3) is 16.6 Å². The summed E-state index contributed by atoms with van der Waals surface area (Å²) in [6, 6.07) is 13.4. The first-order valence-electron chi connectivity index (χ1n) is 8.12. The summed E-state index contributed by atoms with van der Waals surface area (Å²) in [7, 11) is 3.32. The van der Waals surface area contributed by atoms with Crippen molar-refractivity contribution in [3.05, 3.63) is 69.7 Å². The molecule has 3 rings (SSSR count). The summed E-state index contributed by atoms with van der Waals surface area (Å²) >= 11 is 6.23. The highest BCUT2D eigenvalue weighted by atomic mass is 35.5. The van der Waals surface area contributed by atoms with Crippen molar-refractivity contribution in [1.29, 1.82) is 0 Å². The van der Waals surface area contributed by atoms with E-state index in [4.69, 9.17) is 17.3 Å². The fraction of sp³-hybridized carbons (Fsp3) is 0.211. The summed E-state index contributed by atoms with van der Waals surface area (Å²) in [4.78, 5) is 31.3. The van der Waals surface area contributed by atoms with Crippen molar-refractivity contribution >= 4 is 28.4 Å². The van der Waals surface area contributed by atoms with Gasteiger partial charge in [0.15, 0.2) is 0 Å². The van der Waals surface area contributed by atoms with Gasteiger partial charge in [-0.3, -0.25) is 14.2 Å². The largest absolute Gasteiger partial charge is 0.349 e. The third-order valence-electron chi connectivity index (χ3n) is 4.11. The van der Waals surface area contributed by atoms with Crippen LogP contribution in [0.5, 0.6) is 0 Å². The lowest BCUT2D eigenvalue weighted by atomic mass is 10.1. The van der Waals surface area contributed by atoms with E-state index in [1.807, 2.05) is 18.2 Å². The second-order valence-electron chi connectivity index (χ2n) is 6.18. The molecule has 1 unspecified atom stereocenters. The zero-order chi connectivity index (χ0) is 18.8. The van der Waals surface area contributed by atoms with Crippen molar-refractivity contribution in [2.45, 2.75) is 12.5 Å². The first-order chi connectivity index (χ1) is 12.4. The Morgan fingerprint density at radius 1 is 1.19 bits per heavy atom. The molecule has 0 aliphatic heterocycles. The van der Waals surface area contributed by atoms with E-state index in [9.17, 15) is 9.59 Å². The van der Waals surface area contributed by atoms with E-state index < -0.39 is 6.04 Å². The molecule has 0 saturated heterocycles. The van der Waals surface area contributed by atoms with Crippen LogP contribution in [0.4, 0.5) is 0 Å². The first-order valence-corrected chi connectivity index (χ1v) is 8.50. The van der Waals surface area contributed by atoms with Crippen molar-refractivity contribution in [3.63, 3.8) is 0 Å². The molecule has 2 N–H and O–H groups in total. The predicted molar refractivity (Wildman–Crippen MR) is 103 cm³/mol. The SMILES string of the molecule is CN(C)C(=O)CC(N)c1nc2cccc(Cl)c2c(=O)n1-c1ccccc1. The molecule has 7 heteroatoms. The fourth-order valence-corrected chi connectivity index (χ4v) is 2.99. The lowest BCUT2D eigenvalue weighted by Gasteiger charge is -2.20. The molecule has 1 amide bonds. The summed E-state index contributed by atoms with van der Waals surface area (Å²) < 4.78 is 1.43. The van der Waals surface area contributed by atoms with E-state index in [-0.39, 0.29) is 17.9 Å². The molecule has 0 fully saturated rings. The number of nitrogens with two attached hydrogens (primary N) is 1. The van der Waals surface area contributed by atoms with Gasteiger partial charge in [0.25, 0.3) is 5.56 Å². The number of fused-ring (bicyclic) bond motifs is 1. The molecule has 1 aromatic heterocycles. The molecule has 0 radical (unpaired) electrons. The minimum atomic E-state index is -0.735. The zero-order valence-electron chi connectivity index (χ0n) is 14.5. The molecule has 1 heterocycles. The van der Waals surface area contributed by atoms with Gasteiger partial charge >= 0.3 is 0 Å². The van der Waals surface area contributed by atoms with Gasteiger partial charge in [0.2, 0.25) is 5.91 Å². The smallest absolute Gasteiger partial charge is 0.267 e. The average molecular weight is 371 g/mol. The normalized spacial score (nSPS) is 12.2. The highest BCUT2D eigenvalue weighted by Crippen LogP contribution is 2.23. The van der Waals surface area contributed by atoms with Gasteiger partial charge < -0.3 is 10.6 Å². The van der Waals surface area contributed by atoms with Crippen molar-refractivity contribution < 1.29 is 4.79 Å². The van der Waals surface area contributed by atoms with Crippen molar-refractivity contribution in [2.75, 3.05) is 14.1 Å². The molecular weight excluding hydrogens is 352 g/mol. The third kappa shape index (κ3) is 3.34. The Labute approximate surface area is 155 Å². The number of halogens is 1. The summed E-state index contributed by atoms with van der Waals surface area (Å²) in [5.41, 5.74) is 7.03. The summed E-state index contributed by atoms with van der Waals surface area (Å²) in [5, 5.41) is 0.655. The minimum absolute atomic E-state index is 0.0400. The van der Waals surface area contributed by atoms with Crippen LogP contribution in [0.1, 0.15) is 18.3 Å². The molecule has 1 atom stereocenters. The Balaban J connectivity index is 2.27. The Hall–Kier alpha value is -2.70.